The monoisotopic (exact) mass is 297 g/mol. The second kappa shape index (κ2) is 6.15. The summed E-state index contributed by atoms with van der Waals surface area (Å²) in [5, 5.41) is 8.73. The molecule has 98 valence electrons. The molecule has 0 saturated carbocycles. The van der Waals surface area contributed by atoms with Gasteiger partial charge < -0.3 is 5.11 Å². The maximum absolute atomic E-state index is 11.9. The molecule has 17 heavy (non-hydrogen) atoms. The summed E-state index contributed by atoms with van der Waals surface area (Å²) in [6.07, 6.45) is 0.576. The summed E-state index contributed by atoms with van der Waals surface area (Å²) in [5.41, 5.74) is 0.764. The summed E-state index contributed by atoms with van der Waals surface area (Å²) in [6.45, 7) is 4.03. The Morgan fingerprint density at radius 3 is 2.71 bits per heavy atom. The predicted molar refractivity (Wildman–Crippen MR) is 70.1 cm³/mol. The van der Waals surface area contributed by atoms with Gasteiger partial charge in [0.1, 0.15) is 4.21 Å². The van der Waals surface area contributed by atoms with Gasteiger partial charge in [-0.05, 0) is 30.9 Å². The molecule has 0 aromatic carbocycles. The molecule has 1 unspecified atom stereocenters. The van der Waals surface area contributed by atoms with E-state index in [0.717, 1.165) is 16.9 Å². The van der Waals surface area contributed by atoms with E-state index in [4.69, 9.17) is 16.7 Å². The second-order valence-corrected chi connectivity index (χ2v) is 7.64. The zero-order chi connectivity index (χ0) is 13.1. The van der Waals surface area contributed by atoms with E-state index in [-0.39, 0.29) is 16.7 Å². The lowest BCUT2D eigenvalue weighted by atomic mass is 10.1. The van der Waals surface area contributed by atoms with Gasteiger partial charge in [0.2, 0.25) is 10.0 Å². The molecule has 0 spiro atoms. The first-order chi connectivity index (χ1) is 7.86. The van der Waals surface area contributed by atoms with Crippen molar-refractivity contribution in [1.29, 1.82) is 0 Å². The second-order valence-electron chi connectivity index (χ2n) is 3.99. The van der Waals surface area contributed by atoms with Crippen LogP contribution in [0.2, 0.25) is 4.34 Å². The van der Waals surface area contributed by atoms with E-state index < -0.39 is 10.0 Å². The molecule has 2 N–H and O–H groups in total. The van der Waals surface area contributed by atoms with Crippen LogP contribution in [0.15, 0.2) is 10.3 Å². The highest BCUT2D eigenvalue weighted by Gasteiger charge is 2.18. The number of nitrogens with one attached hydrogen (secondary N) is 1. The normalized spacial score (nSPS) is 13.9. The first-order valence-electron chi connectivity index (χ1n) is 5.23. The number of thiophene rings is 1. The van der Waals surface area contributed by atoms with E-state index in [1.165, 1.54) is 0 Å². The SMILES string of the molecule is Cc1cc(S(=O)(=O)NCC(C)CCO)sc1Cl. The summed E-state index contributed by atoms with van der Waals surface area (Å²) in [6, 6.07) is 1.56. The van der Waals surface area contributed by atoms with Gasteiger partial charge in [-0.3, -0.25) is 0 Å². The van der Waals surface area contributed by atoms with E-state index in [1.807, 2.05) is 6.92 Å². The minimum atomic E-state index is -3.47. The van der Waals surface area contributed by atoms with E-state index >= 15 is 0 Å². The van der Waals surface area contributed by atoms with Crippen LogP contribution < -0.4 is 4.72 Å². The van der Waals surface area contributed by atoms with Crippen molar-refractivity contribution in [3.05, 3.63) is 16.0 Å². The lowest BCUT2D eigenvalue weighted by molar-refractivity contribution is 0.263. The van der Waals surface area contributed by atoms with Gasteiger partial charge >= 0.3 is 0 Å². The van der Waals surface area contributed by atoms with Gasteiger partial charge in [-0.2, -0.15) is 0 Å². The van der Waals surface area contributed by atoms with Crippen LogP contribution in [-0.2, 0) is 10.0 Å². The average Bonchev–Trinajstić information content (AvgIpc) is 2.58. The molecule has 0 aliphatic rings. The number of hydrogen-bond acceptors (Lipinski definition) is 4. The summed E-state index contributed by atoms with van der Waals surface area (Å²) >= 11 is 6.89. The van der Waals surface area contributed by atoms with E-state index in [1.54, 1.807) is 13.0 Å². The molecule has 0 aliphatic heterocycles. The first kappa shape index (κ1) is 14.9. The van der Waals surface area contributed by atoms with Crippen LogP contribution >= 0.6 is 22.9 Å². The molecule has 0 aliphatic carbocycles. The Morgan fingerprint density at radius 2 is 2.24 bits per heavy atom. The highest BCUT2D eigenvalue weighted by molar-refractivity contribution is 7.91. The molecule has 4 nitrogen and oxygen atoms in total. The Morgan fingerprint density at radius 1 is 1.59 bits per heavy atom. The zero-order valence-electron chi connectivity index (χ0n) is 9.73. The van der Waals surface area contributed by atoms with Gasteiger partial charge in [0.05, 0.1) is 4.34 Å². The van der Waals surface area contributed by atoms with Gasteiger partial charge in [0, 0.05) is 13.2 Å². The highest BCUT2D eigenvalue weighted by Crippen LogP contribution is 2.29. The van der Waals surface area contributed by atoms with Crippen molar-refractivity contribution in [2.75, 3.05) is 13.2 Å². The van der Waals surface area contributed by atoms with E-state index in [9.17, 15) is 8.42 Å². The van der Waals surface area contributed by atoms with Crippen LogP contribution in [0.5, 0.6) is 0 Å². The maximum atomic E-state index is 11.9. The zero-order valence-corrected chi connectivity index (χ0v) is 12.1. The average molecular weight is 298 g/mol. The Labute approximate surface area is 111 Å². The number of sulfonamides is 1. The molecule has 0 fully saturated rings. The molecular formula is C10H16ClNO3S2. The minimum Gasteiger partial charge on any atom is -0.396 e. The van der Waals surface area contributed by atoms with Crippen LogP contribution in [0.25, 0.3) is 0 Å². The molecule has 1 rings (SSSR count). The Hall–Kier alpha value is -0.140. The smallest absolute Gasteiger partial charge is 0.250 e. The Bertz CT molecular complexity index is 450. The number of hydrogen-bond donors (Lipinski definition) is 2. The topological polar surface area (TPSA) is 66.4 Å². The fraction of sp³-hybridized carbons (Fsp3) is 0.600. The van der Waals surface area contributed by atoms with Gasteiger partial charge in [0.15, 0.2) is 0 Å². The Balaban J connectivity index is 2.69. The van der Waals surface area contributed by atoms with E-state index in [0.29, 0.717) is 17.3 Å². The van der Waals surface area contributed by atoms with Crippen molar-refractivity contribution in [3.63, 3.8) is 0 Å². The summed E-state index contributed by atoms with van der Waals surface area (Å²) in [7, 11) is -3.47. The maximum Gasteiger partial charge on any atom is 0.250 e. The van der Waals surface area contributed by atoms with Crippen molar-refractivity contribution in [1.82, 2.24) is 4.72 Å². The lowest BCUT2D eigenvalue weighted by Crippen LogP contribution is -2.28. The molecule has 1 aromatic rings. The fourth-order valence-corrected chi connectivity index (χ4v) is 4.13. The largest absolute Gasteiger partial charge is 0.396 e. The van der Waals surface area contributed by atoms with Crippen LogP contribution in [0, 0.1) is 12.8 Å². The predicted octanol–water partition coefficient (Wildman–Crippen LogP) is 2.01. The van der Waals surface area contributed by atoms with Crippen molar-refractivity contribution in [2.45, 2.75) is 24.5 Å². The van der Waals surface area contributed by atoms with Crippen molar-refractivity contribution in [2.24, 2.45) is 5.92 Å². The third-order valence-electron chi connectivity index (χ3n) is 2.34. The standard InChI is InChI=1S/C10H16ClNO3S2/c1-7(3-4-13)6-12-17(14,15)9-5-8(2)10(11)16-9/h5,7,12-13H,3-4,6H2,1-2H3. The van der Waals surface area contributed by atoms with E-state index in [2.05, 4.69) is 4.72 Å². The van der Waals surface area contributed by atoms with Crippen molar-refractivity contribution < 1.29 is 13.5 Å². The quantitative estimate of drug-likeness (QED) is 0.844. The molecule has 0 saturated heterocycles. The van der Waals surface area contributed by atoms with Crippen LogP contribution in [0.3, 0.4) is 0 Å². The van der Waals surface area contributed by atoms with Gasteiger partial charge in [0.25, 0.3) is 0 Å². The van der Waals surface area contributed by atoms with Crippen molar-refractivity contribution >= 4 is 33.0 Å². The molecule has 0 amide bonds. The highest BCUT2D eigenvalue weighted by atomic mass is 35.5. The Kier molecular flexibility index (Phi) is 5.40. The molecular weight excluding hydrogens is 282 g/mol. The number of aliphatic hydroxyl groups is 1. The third kappa shape index (κ3) is 4.22. The molecule has 0 bridgehead atoms. The fourth-order valence-electron chi connectivity index (χ4n) is 1.21. The molecule has 1 heterocycles. The number of rotatable bonds is 6. The number of halogens is 1. The summed E-state index contributed by atoms with van der Waals surface area (Å²) in [4.78, 5) is 0. The molecule has 7 heteroatoms. The minimum absolute atomic E-state index is 0.0623. The van der Waals surface area contributed by atoms with Gasteiger partial charge in [-0.15, -0.1) is 11.3 Å². The third-order valence-corrected chi connectivity index (χ3v) is 5.80. The summed E-state index contributed by atoms with van der Waals surface area (Å²) in [5.74, 6) is 0.103. The van der Waals surface area contributed by atoms with Crippen LogP contribution in [0.1, 0.15) is 18.9 Å². The first-order valence-corrected chi connectivity index (χ1v) is 7.91. The van der Waals surface area contributed by atoms with Crippen LogP contribution in [0.4, 0.5) is 0 Å². The molecule has 0 radical (unpaired) electrons. The number of aryl methyl sites for hydroxylation is 1. The molecule has 1 aromatic heterocycles. The van der Waals surface area contributed by atoms with Gasteiger partial charge in [-0.25, -0.2) is 13.1 Å². The summed E-state index contributed by atoms with van der Waals surface area (Å²) < 4.78 is 27.0. The van der Waals surface area contributed by atoms with Crippen molar-refractivity contribution in [3.8, 4) is 0 Å². The van der Waals surface area contributed by atoms with Crippen LogP contribution in [-0.4, -0.2) is 26.7 Å². The number of aliphatic hydroxyl groups excluding tert-OH is 1. The van der Waals surface area contributed by atoms with Gasteiger partial charge in [-0.1, -0.05) is 18.5 Å². The molecule has 1 atom stereocenters. The lowest BCUT2D eigenvalue weighted by Gasteiger charge is -2.10.